The summed E-state index contributed by atoms with van der Waals surface area (Å²) in [4.78, 5) is 21.2. The van der Waals surface area contributed by atoms with Crippen molar-refractivity contribution in [3.63, 3.8) is 0 Å². The lowest BCUT2D eigenvalue weighted by molar-refractivity contribution is -0.138. The van der Waals surface area contributed by atoms with Crippen molar-refractivity contribution in [3.8, 4) is 5.75 Å². The third-order valence-corrected chi connectivity index (χ3v) is 6.38. The molecule has 0 bridgehead atoms. The number of hydrogen-bond donors (Lipinski definition) is 2. The zero-order valence-corrected chi connectivity index (χ0v) is 19.9. The average molecular weight is 446 g/mol. The smallest absolute Gasteiger partial charge is 0.230 e. The summed E-state index contributed by atoms with van der Waals surface area (Å²) in [6, 6.07) is 8.14. The first-order chi connectivity index (χ1) is 15.5. The molecule has 0 unspecified atom stereocenters. The van der Waals surface area contributed by atoms with Crippen molar-refractivity contribution in [3.05, 3.63) is 29.8 Å². The summed E-state index contributed by atoms with van der Waals surface area (Å²) in [7, 11) is 5.44. The number of ether oxygens (including phenoxy) is 2. The number of carbonyl (C=O) groups is 1. The van der Waals surface area contributed by atoms with Crippen LogP contribution >= 0.6 is 0 Å². The van der Waals surface area contributed by atoms with Crippen LogP contribution in [0.3, 0.4) is 0 Å². The number of aliphatic imine (C=N–C) groups is 1. The Balaban J connectivity index is 1.46. The SMILES string of the molecule is CN=C(NCc1cccc(OCCN2CCOCC2)c1)NCC1(C(=O)N(C)C)CCCC1. The van der Waals surface area contributed by atoms with Crippen molar-refractivity contribution in [1.82, 2.24) is 20.4 Å². The van der Waals surface area contributed by atoms with Crippen molar-refractivity contribution < 1.29 is 14.3 Å². The molecule has 1 amide bonds. The van der Waals surface area contributed by atoms with Crippen molar-refractivity contribution >= 4 is 11.9 Å². The highest BCUT2D eigenvalue weighted by atomic mass is 16.5. The summed E-state index contributed by atoms with van der Waals surface area (Å²) in [6.07, 6.45) is 4.06. The molecule has 8 nitrogen and oxygen atoms in total. The van der Waals surface area contributed by atoms with Gasteiger partial charge < -0.3 is 25.0 Å². The van der Waals surface area contributed by atoms with Gasteiger partial charge in [0.05, 0.1) is 18.6 Å². The normalized spacial score (nSPS) is 18.9. The summed E-state index contributed by atoms with van der Waals surface area (Å²) in [6.45, 7) is 6.38. The third-order valence-electron chi connectivity index (χ3n) is 6.38. The molecule has 2 aliphatic rings. The fourth-order valence-corrected chi connectivity index (χ4v) is 4.51. The molecule has 0 radical (unpaired) electrons. The maximum absolute atomic E-state index is 12.8. The standard InChI is InChI=1S/C24H39N5O3/c1-25-23(27-19-24(9-4-5-10-24)22(30)28(2)3)26-18-20-7-6-8-21(17-20)32-16-13-29-11-14-31-15-12-29/h6-8,17H,4-5,9-16,18-19H2,1-3H3,(H2,25,26,27). The number of hydrogen-bond acceptors (Lipinski definition) is 5. The molecule has 1 aliphatic heterocycles. The predicted octanol–water partition coefficient (Wildman–Crippen LogP) is 1.71. The fraction of sp³-hybridized carbons (Fsp3) is 0.667. The lowest BCUT2D eigenvalue weighted by Gasteiger charge is -2.31. The van der Waals surface area contributed by atoms with Gasteiger partial charge in [-0.2, -0.15) is 0 Å². The van der Waals surface area contributed by atoms with Gasteiger partial charge in [0.1, 0.15) is 12.4 Å². The van der Waals surface area contributed by atoms with E-state index >= 15 is 0 Å². The molecule has 1 heterocycles. The number of guanidine groups is 1. The Hall–Kier alpha value is -2.32. The summed E-state index contributed by atoms with van der Waals surface area (Å²) in [5.74, 6) is 1.79. The van der Waals surface area contributed by atoms with Gasteiger partial charge in [-0.25, -0.2) is 0 Å². The van der Waals surface area contributed by atoms with E-state index in [1.165, 1.54) is 0 Å². The van der Waals surface area contributed by atoms with Crippen LogP contribution in [0.5, 0.6) is 5.75 Å². The Bertz CT molecular complexity index is 756. The lowest BCUT2D eigenvalue weighted by Crippen LogP contribution is -2.49. The number of morpholine rings is 1. The zero-order valence-electron chi connectivity index (χ0n) is 19.9. The van der Waals surface area contributed by atoms with E-state index in [-0.39, 0.29) is 11.3 Å². The first-order valence-electron chi connectivity index (χ1n) is 11.7. The number of benzene rings is 1. The monoisotopic (exact) mass is 445 g/mol. The number of nitrogens with zero attached hydrogens (tertiary/aromatic N) is 3. The molecule has 1 aliphatic carbocycles. The van der Waals surface area contributed by atoms with Crippen LogP contribution in [0.2, 0.25) is 0 Å². The van der Waals surface area contributed by atoms with Gasteiger partial charge >= 0.3 is 0 Å². The molecule has 32 heavy (non-hydrogen) atoms. The van der Waals surface area contributed by atoms with E-state index in [2.05, 4.69) is 32.7 Å². The summed E-state index contributed by atoms with van der Waals surface area (Å²) >= 11 is 0. The molecule has 1 saturated carbocycles. The minimum absolute atomic E-state index is 0.208. The van der Waals surface area contributed by atoms with Crippen LogP contribution in [0.15, 0.2) is 29.3 Å². The van der Waals surface area contributed by atoms with Gasteiger partial charge in [-0.1, -0.05) is 25.0 Å². The van der Waals surface area contributed by atoms with Crippen LogP contribution in [0, 0.1) is 5.41 Å². The Morgan fingerprint density at radius 2 is 1.97 bits per heavy atom. The fourth-order valence-electron chi connectivity index (χ4n) is 4.51. The van der Waals surface area contributed by atoms with Crippen molar-refractivity contribution in [2.75, 3.05) is 67.1 Å². The van der Waals surface area contributed by atoms with Crippen molar-refractivity contribution in [2.24, 2.45) is 10.4 Å². The van der Waals surface area contributed by atoms with E-state index < -0.39 is 0 Å². The molecule has 1 saturated heterocycles. The molecule has 0 atom stereocenters. The second kappa shape index (κ2) is 12.1. The quantitative estimate of drug-likeness (QED) is 0.445. The molecule has 1 aromatic carbocycles. The first kappa shape index (κ1) is 24.3. The number of amides is 1. The van der Waals surface area contributed by atoms with Gasteiger partial charge in [0, 0.05) is 53.9 Å². The molecule has 2 N–H and O–H groups in total. The Kier molecular flexibility index (Phi) is 9.17. The molecule has 0 spiro atoms. The molecule has 178 valence electrons. The van der Waals surface area contributed by atoms with Crippen LogP contribution in [0.25, 0.3) is 0 Å². The summed E-state index contributed by atoms with van der Waals surface area (Å²) < 4.78 is 11.3. The average Bonchev–Trinajstić information content (AvgIpc) is 3.30. The van der Waals surface area contributed by atoms with Gasteiger partial charge in [-0.3, -0.25) is 14.7 Å². The van der Waals surface area contributed by atoms with Crippen LogP contribution < -0.4 is 15.4 Å². The van der Waals surface area contributed by atoms with Gasteiger partial charge in [0.2, 0.25) is 5.91 Å². The highest BCUT2D eigenvalue weighted by Crippen LogP contribution is 2.38. The van der Waals surface area contributed by atoms with E-state index in [0.29, 0.717) is 25.7 Å². The van der Waals surface area contributed by atoms with Crippen molar-refractivity contribution in [1.29, 1.82) is 0 Å². The van der Waals surface area contributed by atoms with Gasteiger partial charge in [0.15, 0.2) is 5.96 Å². The number of carbonyl (C=O) groups excluding carboxylic acids is 1. The molecule has 3 rings (SSSR count). The highest BCUT2D eigenvalue weighted by Gasteiger charge is 2.42. The van der Waals surface area contributed by atoms with Gasteiger partial charge in [-0.15, -0.1) is 0 Å². The second-order valence-electron chi connectivity index (χ2n) is 8.92. The first-order valence-corrected chi connectivity index (χ1v) is 11.7. The van der Waals surface area contributed by atoms with E-state index in [4.69, 9.17) is 9.47 Å². The summed E-state index contributed by atoms with van der Waals surface area (Å²) in [5.41, 5.74) is 0.798. The topological polar surface area (TPSA) is 78.4 Å². The minimum Gasteiger partial charge on any atom is -0.492 e. The number of nitrogens with one attached hydrogen (secondary N) is 2. The molecular formula is C24H39N5O3. The Morgan fingerprint density at radius 1 is 1.22 bits per heavy atom. The van der Waals surface area contributed by atoms with Gasteiger partial charge in [-0.05, 0) is 30.5 Å². The van der Waals surface area contributed by atoms with E-state index in [0.717, 1.165) is 69.8 Å². The van der Waals surface area contributed by atoms with Crippen LogP contribution in [-0.2, 0) is 16.1 Å². The van der Waals surface area contributed by atoms with E-state index in [1.54, 1.807) is 11.9 Å². The predicted molar refractivity (Wildman–Crippen MR) is 127 cm³/mol. The Morgan fingerprint density at radius 3 is 2.66 bits per heavy atom. The summed E-state index contributed by atoms with van der Waals surface area (Å²) in [5, 5.41) is 6.75. The lowest BCUT2D eigenvalue weighted by atomic mass is 9.84. The molecule has 2 fully saturated rings. The van der Waals surface area contributed by atoms with E-state index in [9.17, 15) is 4.79 Å². The second-order valence-corrected chi connectivity index (χ2v) is 8.92. The molecular weight excluding hydrogens is 406 g/mol. The zero-order chi connectivity index (χ0) is 22.8. The molecule has 1 aromatic rings. The van der Waals surface area contributed by atoms with Crippen LogP contribution in [0.1, 0.15) is 31.2 Å². The Labute approximate surface area is 192 Å². The number of rotatable bonds is 9. The van der Waals surface area contributed by atoms with Crippen LogP contribution in [0.4, 0.5) is 0 Å². The third kappa shape index (κ3) is 6.84. The highest BCUT2D eigenvalue weighted by molar-refractivity contribution is 5.85. The largest absolute Gasteiger partial charge is 0.492 e. The van der Waals surface area contributed by atoms with E-state index in [1.807, 2.05) is 26.2 Å². The maximum Gasteiger partial charge on any atom is 0.230 e. The van der Waals surface area contributed by atoms with Gasteiger partial charge in [0.25, 0.3) is 0 Å². The maximum atomic E-state index is 12.8. The molecule has 0 aromatic heterocycles. The molecule has 8 heteroatoms. The van der Waals surface area contributed by atoms with Crippen molar-refractivity contribution in [2.45, 2.75) is 32.2 Å². The van der Waals surface area contributed by atoms with Crippen LogP contribution in [-0.4, -0.2) is 88.8 Å². The minimum atomic E-state index is -0.324.